The van der Waals surface area contributed by atoms with Gasteiger partial charge in [0.25, 0.3) is 0 Å². The van der Waals surface area contributed by atoms with Crippen molar-refractivity contribution in [3.8, 4) is 0 Å². The molecule has 0 spiro atoms. The van der Waals surface area contributed by atoms with E-state index in [0.29, 0.717) is 18.1 Å². The first-order chi connectivity index (χ1) is 9.10. The fourth-order valence-electron chi connectivity index (χ4n) is 2.04. The van der Waals surface area contributed by atoms with E-state index < -0.39 is 6.10 Å². The Hall–Kier alpha value is -1.20. The lowest BCUT2D eigenvalue weighted by Crippen LogP contribution is -2.14. The average Bonchev–Trinajstić information content (AvgIpc) is 2.78. The van der Waals surface area contributed by atoms with E-state index in [2.05, 4.69) is 26.1 Å². The highest BCUT2D eigenvalue weighted by atomic mass is 79.9. The third-order valence-corrected chi connectivity index (χ3v) is 3.57. The van der Waals surface area contributed by atoms with E-state index in [4.69, 9.17) is 4.52 Å². The molecule has 0 aliphatic carbocycles. The highest BCUT2D eigenvalue weighted by Gasteiger charge is 2.22. The second kappa shape index (κ2) is 6.30. The monoisotopic (exact) mass is 324 g/mol. The number of hydrogen-bond donors (Lipinski definition) is 1. The number of halogens is 1. The normalized spacial score (nSPS) is 14.3. The van der Waals surface area contributed by atoms with Crippen molar-refractivity contribution in [2.45, 2.75) is 38.7 Å². The van der Waals surface area contributed by atoms with Gasteiger partial charge in [0.2, 0.25) is 5.89 Å². The van der Waals surface area contributed by atoms with Gasteiger partial charge < -0.3 is 9.63 Å². The third-order valence-electron chi connectivity index (χ3n) is 3.07. The van der Waals surface area contributed by atoms with E-state index in [9.17, 15) is 5.11 Å². The number of nitrogens with zero attached hydrogens (tertiary/aromatic N) is 2. The Morgan fingerprint density at radius 3 is 2.84 bits per heavy atom. The summed E-state index contributed by atoms with van der Waals surface area (Å²) in [7, 11) is 0. The van der Waals surface area contributed by atoms with Crippen molar-refractivity contribution in [2.75, 3.05) is 0 Å². The van der Waals surface area contributed by atoms with Gasteiger partial charge in [0.15, 0.2) is 5.82 Å². The number of benzene rings is 1. The molecule has 2 rings (SSSR count). The van der Waals surface area contributed by atoms with Crippen LogP contribution in [0.15, 0.2) is 33.3 Å². The number of aliphatic hydroxyl groups excluding tert-OH is 1. The maximum Gasteiger partial charge on any atom is 0.232 e. The van der Waals surface area contributed by atoms with Gasteiger partial charge in [-0.1, -0.05) is 40.1 Å². The molecule has 0 saturated carbocycles. The fourth-order valence-corrected chi connectivity index (χ4v) is 2.49. The molecule has 5 heteroatoms. The molecule has 1 N–H and O–H groups in total. The topological polar surface area (TPSA) is 59.2 Å². The van der Waals surface area contributed by atoms with Crippen LogP contribution in [0.1, 0.15) is 43.5 Å². The van der Waals surface area contributed by atoms with Crippen LogP contribution in [0.4, 0.5) is 0 Å². The molecule has 0 bridgehead atoms. The number of hydrogen-bond acceptors (Lipinski definition) is 4. The van der Waals surface area contributed by atoms with Gasteiger partial charge in [-0.2, -0.15) is 4.98 Å². The molecule has 19 heavy (non-hydrogen) atoms. The summed E-state index contributed by atoms with van der Waals surface area (Å²) in [5, 5.41) is 13.6. The molecule has 0 fully saturated rings. The van der Waals surface area contributed by atoms with Crippen LogP contribution in [-0.2, 0) is 6.42 Å². The average molecular weight is 325 g/mol. The van der Waals surface area contributed by atoms with Gasteiger partial charge in [-0.15, -0.1) is 0 Å². The SMILES string of the molecule is CCC(c1nc(Cc2cccc(Br)c2)no1)C(C)O. The van der Waals surface area contributed by atoms with Crippen molar-refractivity contribution < 1.29 is 9.63 Å². The summed E-state index contributed by atoms with van der Waals surface area (Å²) in [6.07, 6.45) is 0.916. The molecule has 102 valence electrons. The summed E-state index contributed by atoms with van der Waals surface area (Å²) in [4.78, 5) is 4.37. The predicted molar refractivity (Wildman–Crippen MR) is 76.0 cm³/mol. The van der Waals surface area contributed by atoms with E-state index in [1.165, 1.54) is 0 Å². The van der Waals surface area contributed by atoms with E-state index in [1.54, 1.807) is 6.92 Å². The first kappa shape index (κ1) is 14.2. The Morgan fingerprint density at radius 2 is 2.21 bits per heavy atom. The van der Waals surface area contributed by atoms with E-state index in [0.717, 1.165) is 16.5 Å². The molecule has 1 heterocycles. The predicted octanol–water partition coefficient (Wildman–Crippen LogP) is 3.30. The molecule has 1 aromatic heterocycles. The molecule has 1 aromatic carbocycles. The Morgan fingerprint density at radius 1 is 1.42 bits per heavy atom. The van der Waals surface area contributed by atoms with Gasteiger partial charge in [0.05, 0.1) is 12.0 Å². The van der Waals surface area contributed by atoms with Gasteiger partial charge >= 0.3 is 0 Å². The molecule has 0 amide bonds. The van der Waals surface area contributed by atoms with Crippen molar-refractivity contribution in [3.05, 3.63) is 46.0 Å². The molecule has 2 atom stereocenters. The highest BCUT2D eigenvalue weighted by molar-refractivity contribution is 9.10. The molecule has 0 aliphatic heterocycles. The summed E-state index contributed by atoms with van der Waals surface area (Å²) in [6, 6.07) is 8.01. The van der Waals surface area contributed by atoms with Gasteiger partial charge in [-0.3, -0.25) is 0 Å². The van der Waals surface area contributed by atoms with E-state index >= 15 is 0 Å². The smallest absolute Gasteiger partial charge is 0.232 e. The number of aromatic nitrogens is 2. The Bertz CT molecular complexity index is 540. The molecular formula is C14H17BrN2O2. The number of aliphatic hydroxyl groups is 1. The van der Waals surface area contributed by atoms with Crippen LogP contribution in [0, 0.1) is 0 Å². The minimum atomic E-state index is -0.482. The summed E-state index contributed by atoms with van der Waals surface area (Å²) >= 11 is 3.44. The maximum absolute atomic E-state index is 9.67. The molecule has 0 aliphatic rings. The van der Waals surface area contributed by atoms with Gasteiger partial charge in [-0.05, 0) is 31.0 Å². The van der Waals surface area contributed by atoms with E-state index in [-0.39, 0.29) is 5.92 Å². The quantitative estimate of drug-likeness (QED) is 0.916. The second-order valence-corrected chi connectivity index (χ2v) is 5.53. The lowest BCUT2D eigenvalue weighted by atomic mass is 10.0. The lowest BCUT2D eigenvalue weighted by molar-refractivity contribution is 0.141. The van der Waals surface area contributed by atoms with Crippen molar-refractivity contribution in [2.24, 2.45) is 0 Å². The van der Waals surface area contributed by atoms with Crippen LogP contribution >= 0.6 is 15.9 Å². The molecule has 0 saturated heterocycles. The largest absolute Gasteiger partial charge is 0.393 e. The van der Waals surface area contributed by atoms with Crippen molar-refractivity contribution in [3.63, 3.8) is 0 Å². The summed E-state index contributed by atoms with van der Waals surface area (Å²) in [5.74, 6) is 1.07. The molecule has 2 unspecified atom stereocenters. The molecule has 4 nitrogen and oxygen atoms in total. The van der Waals surface area contributed by atoms with Crippen LogP contribution in [0.3, 0.4) is 0 Å². The van der Waals surface area contributed by atoms with Crippen LogP contribution in [0.25, 0.3) is 0 Å². The van der Waals surface area contributed by atoms with Crippen LogP contribution in [0.2, 0.25) is 0 Å². The van der Waals surface area contributed by atoms with Crippen LogP contribution < -0.4 is 0 Å². The maximum atomic E-state index is 9.67. The van der Waals surface area contributed by atoms with Crippen LogP contribution in [0.5, 0.6) is 0 Å². The minimum absolute atomic E-state index is 0.0937. The number of rotatable bonds is 5. The lowest BCUT2D eigenvalue weighted by Gasteiger charge is -2.12. The standard InChI is InChI=1S/C14H17BrN2O2/c1-3-12(9(2)18)14-16-13(17-19-14)8-10-5-4-6-11(15)7-10/h4-7,9,12,18H,3,8H2,1-2H3. The summed E-state index contributed by atoms with van der Waals surface area (Å²) < 4.78 is 6.28. The fraction of sp³-hybridized carbons (Fsp3) is 0.429. The molecular weight excluding hydrogens is 308 g/mol. The van der Waals surface area contributed by atoms with Gasteiger partial charge in [0.1, 0.15) is 0 Å². The summed E-state index contributed by atoms with van der Waals surface area (Å²) in [6.45, 7) is 3.74. The minimum Gasteiger partial charge on any atom is -0.393 e. The van der Waals surface area contributed by atoms with Gasteiger partial charge in [0, 0.05) is 10.9 Å². The highest BCUT2D eigenvalue weighted by Crippen LogP contribution is 2.22. The zero-order valence-corrected chi connectivity index (χ0v) is 12.6. The van der Waals surface area contributed by atoms with E-state index in [1.807, 2.05) is 31.2 Å². The Kier molecular flexibility index (Phi) is 4.71. The van der Waals surface area contributed by atoms with Crippen LogP contribution in [-0.4, -0.2) is 21.4 Å². The first-order valence-electron chi connectivity index (χ1n) is 6.35. The zero-order valence-electron chi connectivity index (χ0n) is 11.0. The van der Waals surface area contributed by atoms with Crippen molar-refractivity contribution in [1.82, 2.24) is 10.1 Å². The molecule has 2 aromatic rings. The summed E-state index contributed by atoms with van der Waals surface area (Å²) in [5.41, 5.74) is 1.12. The van der Waals surface area contributed by atoms with Crippen molar-refractivity contribution in [1.29, 1.82) is 0 Å². The Labute approximate surface area is 121 Å². The second-order valence-electron chi connectivity index (χ2n) is 4.61. The van der Waals surface area contributed by atoms with Crippen molar-refractivity contribution >= 4 is 15.9 Å². The first-order valence-corrected chi connectivity index (χ1v) is 7.14. The molecule has 0 radical (unpaired) electrons. The van der Waals surface area contributed by atoms with Gasteiger partial charge in [-0.25, -0.2) is 0 Å². The third kappa shape index (κ3) is 3.64. The Balaban J connectivity index is 2.13. The zero-order chi connectivity index (χ0) is 13.8.